The molecule has 0 saturated carbocycles. The van der Waals surface area contributed by atoms with Crippen molar-refractivity contribution in [2.24, 2.45) is 0 Å². The minimum Gasteiger partial charge on any atom is -0.479 e. The van der Waals surface area contributed by atoms with Crippen molar-refractivity contribution in [3.63, 3.8) is 0 Å². The largest absolute Gasteiger partial charge is 0.479 e. The van der Waals surface area contributed by atoms with Gasteiger partial charge in [0.15, 0.2) is 6.10 Å². The molecule has 0 fully saturated rings. The Morgan fingerprint density at radius 2 is 2.44 bits per heavy atom. The first kappa shape index (κ1) is 12.7. The number of hydrogen-bond acceptors (Lipinski definition) is 4. The molecule has 1 atom stereocenters. The Kier molecular flexibility index (Phi) is 4.94. The monoisotopic (exact) mass is 228 g/mol. The highest BCUT2D eigenvalue weighted by Gasteiger charge is 2.21. The van der Waals surface area contributed by atoms with E-state index in [0.717, 1.165) is 0 Å². The third kappa shape index (κ3) is 3.32. The number of aromatic nitrogens is 2. The van der Waals surface area contributed by atoms with Crippen molar-refractivity contribution in [2.75, 3.05) is 13.2 Å². The van der Waals surface area contributed by atoms with E-state index in [4.69, 9.17) is 14.9 Å². The van der Waals surface area contributed by atoms with Crippen LogP contribution in [0.4, 0.5) is 0 Å². The SMILES string of the molecule is CCn1cc(C(OCCCO)C(=O)O)cn1. The molecule has 0 aliphatic heterocycles. The lowest BCUT2D eigenvalue weighted by Gasteiger charge is -2.11. The number of carbonyl (C=O) groups is 1. The fourth-order valence-electron chi connectivity index (χ4n) is 1.26. The zero-order chi connectivity index (χ0) is 12.0. The third-order valence-corrected chi connectivity index (χ3v) is 2.09. The first-order valence-corrected chi connectivity index (χ1v) is 5.16. The van der Waals surface area contributed by atoms with Crippen LogP contribution in [0.1, 0.15) is 25.0 Å². The maximum Gasteiger partial charge on any atom is 0.337 e. The second-order valence-electron chi connectivity index (χ2n) is 3.30. The van der Waals surface area contributed by atoms with E-state index in [2.05, 4.69) is 5.10 Å². The van der Waals surface area contributed by atoms with Crippen LogP contribution >= 0.6 is 0 Å². The van der Waals surface area contributed by atoms with Crippen LogP contribution in [-0.4, -0.2) is 39.2 Å². The van der Waals surface area contributed by atoms with Gasteiger partial charge in [-0.1, -0.05) is 0 Å². The molecule has 6 heteroatoms. The highest BCUT2D eigenvalue weighted by atomic mass is 16.5. The Labute approximate surface area is 93.5 Å². The predicted molar refractivity (Wildman–Crippen MR) is 55.9 cm³/mol. The van der Waals surface area contributed by atoms with Gasteiger partial charge in [-0.2, -0.15) is 5.10 Å². The Hall–Kier alpha value is -1.40. The predicted octanol–water partition coefficient (Wildman–Crippen LogP) is 0.428. The summed E-state index contributed by atoms with van der Waals surface area (Å²) in [6.07, 6.45) is 2.55. The van der Waals surface area contributed by atoms with Crippen molar-refractivity contribution < 1.29 is 19.7 Å². The van der Waals surface area contributed by atoms with E-state index in [9.17, 15) is 4.79 Å². The summed E-state index contributed by atoms with van der Waals surface area (Å²) in [6, 6.07) is 0. The van der Waals surface area contributed by atoms with E-state index in [1.807, 2.05) is 6.92 Å². The van der Waals surface area contributed by atoms with Crippen LogP contribution in [0.5, 0.6) is 0 Å². The van der Waals surface area contributed by atoms with Crippen LogP contribution in [0.3, 0.4) is 0 Å². The number of aliphatic hydroxyl groups excluding tert-OH is 1. The molecular formula is C10H16N2O4. The van der Waals surface area contributed by atoms with Gasteiger partial charge in [-0.25, -0.2) is 4.79 Å². The molecule has 0 amide bonds. The topological polar surface area (TPSA) is 84.6 Å². The van der Waals surface area contributed by atoms with E-state index < -0.39 is 12.1 Å². The number of aryl methyl sites for hydroxylation is 1. The van der Waals surface area contributed by atoms with Crippen molar-refractivity contribution in [1.82, 2.24) is 9.78 Å². The first-order valence-electron chi connectivity index (χ1n) is 5.16. The average molecular weight is 228 g/mol. The summed E-state index contributed by atoms with van der Waals surface area (Å²) in [7, 11) is 0. The van der Waals surface area contributed by atoms with Gasteiger partial charge in [-0.15, -0.1) is 0 Å². The summed E-state index contributed by atoms with van der Waals surface area (Å²) in [5, 5.41) is 21.6. The van der Waals surface area contributed by atoms with Crippen molar-refractivity contribution in [3.05, 3.63) is 18.0 Å². The zero-order valence-electron chi connectivity index (χ0n) is 9.17. The summed E-state index contributed by atoms with van der Waals surface area (Å²) < 4.78 is 6.81. The van der Waals surface area contributed by atoms with Gasteiger partial charge in [0.1, 0.15) is 0 Å². The molecule has 0 bridgehead atoms. The number of carboxylic acids is 1. The van der Waals surface area contributed by atoms with Gasteiger partial charge in [0.25, 0.3) is 0 Å². The van der Waals surface area contributed by atoms with Crippen molar-refractivity contribution in [3.8, 4) is 0 Å². The summed E-state index contributed by atoms with van der Waals surface area (Å²) in [5.74, 6) is -1.05. The summed E-state index contributed by atoms with van der Waals surface area (Å²) >= 11 is 0. The average Bonchev–Trinajstić information content (AvgIpc) is 2.72. The minimum absolute atomic E-state index is 0.0133. The lowest BCUT2D eigenvalue weighted by atomic mass is 10.2. The van der Waals surface area contributed by atoms with E-state index in [1.54, 1.807) is 10.9 Å². The molecule has 1 heterocycles. The van der Waals surface area contributed by atoms with Gasteiger partial charge >= 0.3 is 5.97 Å². The number of aliphatic carboxylic acids is 1. The highest BCUT2D eigenvalue weighted by molar-refractivity contribution is 5.74. The number of aliphatic hydroxyl groups is 1. The van der Waals surface area contributed by atoms with Gasteiger partial charge in [0.05, 0.1) is 12.8 Å². The Bertz CT molecular complexity index is 337. The van der Waals surface area contributed by atoms with Gasteiger partial charge in [-0.05, 0) is 13.3 Å². The molecule has 90 valence electrons. The fourth-order valence-corrected chi connectivity index (χ4v) is 1.26. The number of nitrogens with zero attached hydrogens (tertiary/aromatic N) is 2. The van der Waals surface area contributed by atoms with Gasteiger partial charge in [0.2, 0.25) is 0 Å². The van der Waals surface area contributed by atoms with E-state index in [1.165, 1.54) is 6.20 Å². The number of hydrogen-bond donors (Lipinski definition) is 2. The molecule has 0 aliphatic carbocycles. The van der Waals surface area contributed by atoms with Crippen LogP contribution in [0, 0.1) is 0 Å². The Morgan fingerprint density at radius 3 is 2.94 bits per heavy atom. The fraction of sp³-hybridized carbons (Fsp3) is 0.600. The lowest BCUT2D eigenvalue weighted by Crippen LogP contribution is -2.16. The number of rotatable bonds is 7. The molecule has 0 radical (unpaired) electrons. The minimum atomic E-state index is -1.05. The third-order valence-electron chi connectivity index (χ3n) is 2.09. The zero-order valence-corrected chi connectivity index (χ0v) is 9.17. The molecule has 0 spiro atoms. The maximum absolute atomic E-state index is 11.0. The van der Waals surface area contributed by atoms with Crippen molar-refractivity contribution >= 4 is 5.97 Å². The number of carboxylic acid groups (broad SMARTS) is 1. The number of ether oxygens (including phenoxy) is 1. The standard InChI is InChI=1S/C10H16N2O4/c1-2-12-7-8(6-11-12)9(10(14)15)16-5-3-4-13/h6-7,9,13H,2-5H2,1H3,(H,14,15). The summed E-state index contributed by atoms with van der Waals surface area (Å²) in [4.78, 5) is 11.0. The van der Waals surface area contributed by atoms with Crippen LogP contribution < -0.4 is 0 Å². The quantitative estimate of drug-likeness (QED) is 0.661. The molecule has 0 aliphatic rings. The Balaban J connectivity index is 2.65. The van der Waals surface area contributed by atoms with E-state index >= 15 is 0 Å². The van der Waals surface area contributed by atoms with Crippen LogP contribution in [-0.2, 0) is 16.1 Å². The summed E-state index contributed by atoms with van der Waals surface area (Å²) in [5.41, 5.74) is 0.521. The molecule has 1 aromatic heterocycles. The van der Waals surface area contributed by atoms with Crippen molar-refractivity contribution in [2.45, 2.75) is 26.0 Å². The molecule has 16 heavy (non-hydrogen) atoms. The molecule has 6 nitrogen and oxygen atoms in total. The van der Waals surface area contributed by atoms with Crippen LogP contribution in [0.2, 0.25) is 0 Å². The Morgan fingerprint density at radius 1 is 1.69 bits per heavy atom. The van der Waals surface area contributed by atoms with Crippen LogP contribution in [0.15, 0.2) is 12.4 Å². The van der Waals surface area contributed by atoms with Gasteiger partial charge in [0, 0.05) is 24.9 Å². The molecule has 0 saturated heterocycles. The normalized spacial score (nSPS) is 12.6. The smallest absolute Gasteiger partial charge is 0.337 e. The first-order chi connectivity index (χ1) is 7.69. The van der Waals surface area contributed by atoms with Crippen LogP contribution in [0.25, 0.3) is 0 Å². The second-order valence-corrected chi connectivity index (χ2v) is 3.30. The van der Waals surface area contributed by atoms with E-state index in [0.29, 0.717) is 18.5 Å². The van der Waals surface area contributed by atoms with Crippen molar-refractivity contribution in [1.29, 1.82) is 0 Å². The maximum atomic E-state index is 11.0. The van der Waals surface area contributed by atoms with E-state index in [-0.39, 0.29) is 13.2 Å². The van der Waals surface area contributed by atoms with Gasteiger partial charge < -0.3 is 14.9 Å². The highest BCUT2D eigenvalue weighted by Crippen LogP contribution is 2.17. The second kappa shape index (κ2) is 6.24. The molecule has 1 rings (SSSR count). The molecule has 1 aromatic rings. The molecule has 2 N–H and O–H groups in total. The molecule has 0 aromatic carbocycles. The lowest BCUT2D eigenvalue weighted by molar-refractivity contribution is -0.151. The molecule has 1 unspecified atom stereocenters. The molecular weight excluding hydrogens is 212 g/mol. The van der Waals surface area contributed by atoms with Gasteiger partial charge in [-0.3, -0.25) is 4.68 Å². The summed E-state index contributed by atoms with van der Waals surface area (Å²) in [6.45, 7) is 2.80.